The van der Waals surface area contributed by atoms with Gasteiger partial charge in [-0.15, -0.1) is 0 Å². The minimum atomic E-state index is 0.227. The van der Waals surface area contributed by atoms with E-state index in [-0.39, 0.29) is 6.10 Å². The van der Waals surface area contributed by atoms with Crippen LogP contribution in [0.15, 0.2) is 12.4 Å². The molecule has 0 unspecified atom stereocenters. The van der Waals surface area contributed by atoms with Crippen molar-refractivity contribution >= 4 is 0 Å². The molecule has 1 heterocycles. The summed E-state index contributed by atoms with van der Waals surface area (Å²) in [6.45, 7) is 5.73. The third-order valence-corrected chi connectivity index (χ3v) is 1.80. The van der Waals surface area contributed by atoms with Gasteiger partial charge in [0, 0.05) is 12.7 Å². The van der Waals surface area contributed by atoms with Crippen LogP contribution in [0.4, 0.5) is 0 Å². The molecule has 0 fully saturated rings. The van der Waals surface area contributed by atoms with Crippen LogP contribution in [0.5, 0.6) is 5.88 Å². The Hall–Kier alpha value is -1.20. The van der Waals surface area contributed by atoms with Crippen LogP contribution in [-0.4, -0.2) is 36.3 Å². The molecule has 0 saturated carbocycles. The molecular formula is C11H19N3O2. The third-order valence-electron chi connectivity index (χ3n) is 1.80. The molecule has 5 heteroatoms. The zero-order chi connectivity index (χ0) is 11.8. The molecule has 1 N–H and O–H groups in total. The standard InChI is InChI=1S/C11H19N3O2/c1-9(2)15-4-5-16-11-8-13-7-10(14-11)6-12-3/h7-9,12H,4-6H2,1-3H3. The van der Waals surface area contributed by atoms with Crippen molar-refractivity contribution < 1.29 is 9.47 Å². The van der Waals surface area contributed by atoms with Crippen LogP contribution in [0, 0.1) is 0 Å². The molecule has 0 aliphatic rings. The summed E-state index contributed by atoms with van der Waals surface area (Å²) in [4.78, 5) is 8.33. The molecule has 0 atom stereocenters. The zero-order valence-corrected chi connectivity index (χ0v) is 10.1. The van der Waals surface area contributed by atoms with Gasteiger partial charge in [0.15, 0.2) is 0 Å². The highest BCUT2D eigenvalue weighted by Crippen LogP contribution is 2.04. The fourth-order valence-corrected chi connectivity index (χ4v) is 1.15. The van der Waals surface area contributed by atoms with Crippen LogP contribution in [0.3, 0.4) is 0 Å². The van der Waals surface area contributed by atoms with E-state index in [2.05, 4.69) is 15.3 Å². The monoisotopic (exact) mass is 225 g/mol. The first-order valence-corrected chi connectivity index (χ1v) is 5.42. The number of nitrogens with zero attached hydrogens (tertiary/aromatic N) is 2. The van der Waals surface area contributed by atoms with E-state index in [0.717, 1.165) is 5.69 Å². The Labute approximate surface area is 96.2 Å². The number of hydrogen-bond donors (Lipinski definition) is 1. The van der Waals surface area contributed by atoms with Gasteiger partial charge >= 0.3 is 0 Å². The summed E-state index contributed by atoms with van der Waals surface area (Å²) in [6.07, 6.45) is 3.55. The van der Waals surface area contributed by atoms with E-state index in [1.165, 1.54) is 0 Å². The van der Waals surface area contributed by atoms with E-state index in [1.54, 1.807) is 12.4 Å². The maximum absolute atomic E-state index is 5.42. The Morgan fingerprint density at radius 1 is 1.31 bits per heavy atom. The summed E-state index contributed by atoms with van der Waals surface area (Å²) >= 11 is 0. The van der Waals surface area contributed by atoms with Crippen molar-refractivity contribution in [1.29, 1.82) is 0 Å². The molecule has 0 bridgehead atoms. The second-order valence-electron chi connectivity index (χ2n) is 3.65. The molecule has 1 aromatic rings. The number of aromatic nitrogens is 2. The van der Waals surface area contributed by atoms with E-state index in [9.17, 15) is 0 Å². The summed E-state index contributed by atoms with van der Waals surface area (Å²) in [6, 6.07) is 0. The first kappa shape index (κ1) is 12.9. The zero-order valence-electron chi connectivity index (χ0n) is 10.1. The lowest BCUT2D eigenvalue weighted by molar-refractivity contribution is 0.0541. The van der Waals surface area contributed by atoms with Gasteiger partial charge in [0.05, 0.1) is 24.6 Å². The van der Waals surface area contributed by atoms with Gasteiger partial charge in [-0.2, -0.15) is 0 Å². The number of ether oxygens (including phenoxy) is 2. The lowest BCUT2D eigenvalue weighted by Gasteiger charge is -2.09. The van der Waals surface area contributed by atoms with Gasteiger partial charge in [-0.25, -0.2) is 4.98 Å². The summed E-state index contributed by atoms with van der Waals surface area (Å²) < 4.78 is 10.8. The van der Waals surface area contributed by atoms with Crippen molar-refractivity contribution in [1.82, 2.24) is 15.3 Å². The fraction of sp³-hybridized carbons (Fsp3) is 0.636. The first-order valence-electron chi connectivity index (χ1n) is 5.42. The Morgan fingerprint density at radius 3 is 2.81 bits per heavy atom. The van der Waals surface area contributed by atoms with E-state index >= 15 is 0 Å². The third kappa shape index (κ3) is 5.04. The highest BCUT2D eigenvalue weighted by molar-refractivity contribution is 5.08. The molecule has 0 aliphatic heterocycles. The van der Waals surface area contributed by atoms with Crippen LogP contribution >= 0.6 is 0 Å². The van der Waals surface area contributed by atoms with Crippen molar-refractivity contribution in [2.45, 2.75) is 26.5 Å². The molecule has 90 valence electrons. The minimum absolute atomic E-state index is 0.227. The average molecular weight is 225 g/mol. The number of nitrogens with one attached hydrogen (secondary N) is 1. The van der Waals surface area contributed by atoms with E-state index < -0.39 is 0 Å². The summed E-state index contributed by atoms with van der Waals surface area (Å²) in [7, 11) is 1.87. The highest BCUT2D eigenvalue weighted by atomic mass is 16.5. The molecule has 16 heavy (non-hydrogen) atoms. The maximum atomic E-state index is 5.42. The quantitative estimate of drug-likeness (QED) is 0.702. The van der Waals surface area contributed by atoms with Crippen molar-refractivity contribution in [3.8, 4) is 5.88 Å². The maximum Gasteiger partial charge on any atom is 0.232 e. The summed E-state index contributed by atoms with van der Waals surface area (Å²) in [5.74, 6) is 0.542. The summed E-state index contributed by atoms with van der Waals surface area (Å²) in [5, 5.41) is 3.01. The molecule has 1 aromatic heterocycles. The molecule has 0 amide bonds. The van der Waals surface area contributed by atoms with Crippen LogP contribution in [0.1, 0.15) is 19.5 Å². The van der Waals surface area contributed by atoms with Crippen LogP contribution in [0.2, 0.25) is 0 Å². The molecule has 0 aliphatic carbocycles. The smallest absolute Gasteiger partial charge is 0.232 e. The van der Waals surface area contributed by atoms with Gasteiger partial charge in [-0.3, -0.25) is 4.98 Å². The van der Waals surface area contributed by atoms with Crippen molar-refractivity contribution in [3.63, 3.8) is 0 Å². The lowest BCUT2D eigenvalue weighted by atomic mass is 10.4. The van der Waals surface area contributed by atoms with Gasteiger partial charge in [-0.1, -0.05) is 0 Å². The molecule has 0 aromatic carbocycles. The van der Waals surface area contributed by atoms with Gasteiger partial charge < -0.3 is 14.8 Å². The Balaban J connectivity index is 2.33. The van der Waals surface area contributed by atoms with E-state index in [0.29, 0.717) is 25.6 Å². The van der Waals surface area contributed by atoms with Gasteiger partial charge in [0.2, 0.25) is 5.88 Å². The largest absolute Gasteiger partial charge is 0.474 e. The highest BCUT2D eigenvalue weighted by Gasteiger charge is 1.99. The first-order chi connectivity index (χ1) is 7.72. The molecule has 0 saturated heterocycles. The Kier molecular flexibility index (Phi) is 5.74. The second kappa shape index (κ2) is 7.14. The van der Waals surface area contributed by atoms with Gasteiger partial charge in [0.1, 0.15) is 6.61 Å². The topological polar surface area (TPSA) is 56.3 Å². The number of hydrogen-bond acceptors (Lipinski definition) is 5. The molecule has 0 radical (unpaired) electrons. The van der Waals surface area contributed by atoms with Gasteiger partial charge in [-0.05, 0) is 20.9 Å². The van der Waals surface area contributed by atoms with Crippen molar-refractivity contribution in [2.75, 3.05) is 20.3 Å². The molecule has 1 rings (SSSR count). The average Bonchev–Trinajstić information content (AvgIpc) is 2.25. The predicted molar refractivity (Wildman–Crippen MR) is 61.4 cm³/mol. The Morgan fingerprint density at radius 2 is 2.12 bits per heavy atom. The molecular weight excluding hydrogens is 206 g/mol. The fourth-order valence-electron chi connectivity index (χ4n) is 1.15. The Bertz CT molecular complexity index is 305. The SMILES string of the molecule is CNCc1cncc(OCCOC(C)C)n1. The summed E-state index contributed by atoms with van der Waals surface area (Å²) in [5.41, 5.74) is 0.866. The van der Waals surface area contributed by atoms with Crippen molar-refractivity contribution in [2.24, 2.45) is 0 Å². The molecule has 0 spiro atoms. The normalized spacial score (nSPS) is 10.8. The van der Waals surface area contributed by atoms with Crippen molar-refractivity contribution in [3.05, 3.63) is 18.1 Å². The number of rotatable bonds is 7. The van der Waals surface area contributed by atoms with Gasteiger partial charge in [0.25, 0.3) is 0 Å². The van der Waals surface area contributed by atoms with Crippen LogP contribution in [0.25, 0.3) is 0 Å². The molecule has 5 nitrogen and oxygen atoms in total. The predicted octanol–water partition coefficient (Wildman–Crippen LogP) is 1.000. The minimum Gasteiger partial charge on any atom is -0.474 e. The lowest BCUT2D eigenvalue weighted by Crippen LogP contribution is -2.13. The van der Waals surface area contributed by atoms with Crippen LogP contribution < -0.4 is 10.1 Å². The van der Waals surface area contributed by atoms with E-state index in [1.807, 2.05) is 20.9 Å². The van der Waals surface area contributed by atoms with E-state index in [4.69, 9.17) is 9.47 Å². The second-order valence-corrected chi connectivity index (χ2v) is 3.65. The van der Waals surface area contributed by atoms with Crippen LogP contribution in [-0.2, 0) is 11.3 Å².